The van der Waals surface area contributed by atoms with Gasteiger partial charge in [-0.1, -0.05) is 26.8 Å². The summed E-state index contributed by atoms with van der Waals surface area (Å²) in [6.07, 6.45) is -4.40. The van der Waals surface area contributed by atoms with Crippen LogP contribution in [0, 0.1) is 0 Å². The van der Waals surface area contributed by atoms with Crippen molar-refractivity contribution in [2.45, 2.75) is 43.5 Å². The third-order valence-electron chi connectivity index (χ3n) is 2.11. The second-order valence-electron chi connectivity index (χ2n) is 4.98. The molecule has 0 aliphatic heterocycles. The number of Topliss-reactive ketones (excluding diaryl/α,β-unsaturated/α-hetero) is 1. The molecule has 100 valence electrons. The number of ketones is 1. The highest BCUT2D eigenvalue weighted by atomic mass is 32.2. The van der Waals surface area contributed by atoms with Gasteiger partial charge in [0.1, 0.15) is 0 Å². The number of carbonyl (C=O) groups is 1. The van der Waals surface area contributed by atoms with E-state index in [1.807, 2.05) is 20.8 Å². The van der Waals surface area contributed by atoms with Crippen molar-refractivity contribution in [2.24, 2.45) is 0 Å². The third-order valence-corrected chi connectivity index (χ3v) is 3.28. The van der Waals surface area contributed by atoms with Gasteiger partial charge in [-0.3, -0.25) is 4.79 Å². The first-order chi connectivity index (χ1) is 8.00. The fourth-order valence-electron chi connectivity index (χ4n) is 1.39. The maximum atomic E-state index is 12.9. The van der Waals surface area contributed by atoms with Gasteiger partial charge in [-0.2, -0.15) is 13.2 Å². The molecule has 0 aliphatic carbocycles. The minimum atomic E-state index is -4.40. The first-order valence-electron chi connectivity index (χ1n) is 5.42. The summed E-state index contributed by atoms with van der Waals surface area (Å²) in [6, 6.07) is 3.52. The molecule has 0 saturated heterocycles. The highest BCUT2D eigenvalue weighted by Crippen LogP contribution is 2.41. The lowest BCUT2D eigenvalue weighted by molar-refractivity contribution is -0.139. The van der Waals surface area contributed by atoms with E-state index in [0.717, 1.165) is 17.8 Å². The van der Waals surface area contributed by atoms with Crippen LogP contribution in [0.1, 0.15) is 43.6 Å². The first kappa shape index (κ1) is 15.1. The van der Waals surface area contributed by atoms with Gasteiger partial charge in [0.05, 0.1) is 5.56 Å². The van der Waals surface area contributed by atoms with Crippen molar-refractivity contribution >= 4 is 17.5 Å². The van der Waals surface area contributed by atoms with Gasteiger partial charge in [0, 0.05) is 15.2 Å². The summed E-state index contributed by atoms with van der Waals surface area (Å²) in [6.45, 7) is 6.84. The molecule has 0 heterocycles. The Morgan fingerprint density at radius 2 is 1.72 bits per heavy atom. The van der Waals surface area contributed by atoms with Crippen molar-refractivity contribution in [3.63, 3.8) is 0 Å². The Balaban J connectivity index is 3.32. The van der Waals surface area contributed by atoms with Crippen LogP contribution < -0.4 is 0 Å². The zero-order valence-corrected chi connectivity index (χ0v) is 11.5. The van der Waals surface area contributed by atoms with Crippen LogP contribution in [0.15, 0.2) is 23.1 Å². The molecule has 0 spiro atoms. The molecule has 0 radical (unpaired) electrons. The number of benzene rings is 1. The van der Waals surface area contributed by atoms with Crippen LogP contribution in [-0.2, 0) is 6.18 Å². The minimum absolute atomic E-state index is 0.0997. The average Bonchev–Trinajstić information content (AvgIpc) is 2.12. The molecule has 1 nitrogen and oxygen atoms in total. The molecular weight excluding hydrogens is 261 g/mol. The molecule has 0 aromatic heterocycles. The minimum Gasteiger partial charge on any atom is -0.295 e. The van der Waals surface area contributed by atoms with E-state index >= 15 is 0 Å². The Labute approximate surface area is 109 Å². The first-order valence-corrected chi connectivity index (χ1v) is 6.23. The van der Waals surface area contributed by atoms with Crippen LogP contribution in [0.2, 0.25) is 0 Å². The maximum Gasteiger partial charge on any atom is 0.417 e. The molecular formula is C13H15F3OS. The molecule has 0 atom stereocenters. The van der Waals surface area contributed by atoms with Crippen molar-refractivity contribution in [3.05, 3.63) is 29.3 Å². The van der Waals surface area contributed by atoms with Crippen LogP contribution in [0.3, 0.4) is 0 Å². The molecule has 1 rings (SSSR count). The van der Waals surface area contributed by atoms with Gasteiger partial charge in [-0.25, -0.2) is 0 Å². The summed E-state index contributed by atoms with van der Waals surface area (Å²) in [7, 11) is 0. The van der Waals surface area contributed by atoms with E-state index in [1.54, 1.807) is 0 Å². The largest absolute Gasteiger partial charge is 0.417 e. The van der Waals surface area contributed by atoms with Gasteiger partial charge in [0.2, 0.25) is 0 Å². The highest BCUT2D eigenvalue weighted by molar-refractivity contribution is 8.00. The molecule has 18 heavy (non-hydrogen) atoms. The fraction of sp³-hybridized carbons (Fsp3) is 0.462. The number of thioether (sulfide) groups is 1. The van der Waals surface area contributed by atoms with Crippen molar-refractivity contribution in [2.75, 3.05) is 0 Å². The Hall–Kier alpha value is -0.970. The Kier molecular flexibility index (Phi) is 4.15. The van der Waals surface area contributed by atoms with Gasteiger partial charge in [-0.15, -0.1) is 11.8 Å². The van der Waals surface area contributed by atoms with Gasteiger partial charge >= 0.3 is 6.18 Å². The second-order valence-corrected chi connectivity index (χ2v) is 6.85. The quantitative estimate of drug-likeness (QED) is 0.570. The molecule has 0 N–H and O–H groups in total. The number of carbonyl (C=O) groups excluding carboxylic acids is 1. The summed E-state index contributed by atoms with van der Waals surface area (Å²) in [5, 5.41) is 0. The summed E-state index contributed by atoms with van der Waals surface area (Å²) < 4.78 is 38.2. The fourth-order valence-corrected chi connectivity index (χ4v) is 2.53. The molecule has 0 amide bonds. The smallest absolute Gasteiger partial charge is 0.295 e. The van der Waals surface area contributed by atoms with E-state index in [9.17, 15) is 18.0 Å². The molecule has 0 aliphatic rings. The molecule has 1 aromatic rings. The zero-order valence-electron chi connectivity index (χ0n) is 10.7. The molecule has 5 heteroatoms. The Morgan fingerprint density at radius 1 is 1.17 bits per heavy atom. The Bertz CT molecular complexity index is 458. The monoisotopic (exact) mass is 276 g/mol. The normalized spacial score (nSPS) is 12.6. The van der Waals surface area contributed by atoms with Crippen LogP contribution in [0.25, 0.3) is 0 Å². The van der Waals surface area contributed by atoms with Crippen molar-refractivity contribution in [1.82, 2.24) is 0 Å². The van der Waals surface area contributed by atoms with Gasteiger partial charge in [0.15, 0.2) is 5.78 Å². The van der Waals surface area contributed by atoms with Crippen LogP contribution in [0.5, 0.6) is 0 Å². The van der Waals surface area contributed by atoms with Crippen molar-refractivity contribution in [3.8, 4) is 0 Å². The molecule has 0 saturated carbocycles. The summed E-state index contributed by atoms with van der Waals surface area (Å²) in [5.74, 6) is -0.237. The number of rotatable bonds is 2. The van der Waals surface area contributed by atoms with E-state index in [0.29, 0.717) is 5.56 Å². The second kappa shape index (κ2) is 4.96. The van der Waals surface area contributed by atoms with E-state index in [1.165, 1.54) is 19.1 Å². The standard InChI is InChI=1S/C13H15F3OS/c1-8(17)9-5-6-10(13(14,15)16)11(7-9)18-12(2,3)4/h5-7H,1-4H3. The zero-order chi connectivity index (χ0) is 14.1. The predicted octanol–water partition coefficient (Wildman–Crippen LogP) is 4.80. The predicted molar refractivity (Wildman–Crippen MR) is 67.1 cm³/mol. The van der Waals surface area contributed by atoms with Gasteiger partial charge < -0.3 is 0 Å². The maximum absolute atomic E-state index is 12.9. The molecule has 0 unspecified atom stereocenters. The van der Waals surface area contributed by atoms with Gasteiger partial charge in [0.25, 0.3) is 0 Å². The van der Waals surface area contributed by atoms with E-state index in [4.69, 9.17) is 0 Å². The summed E-state index contributed by atoms with van der Waals surface area (Å²) >= 11 is 1.11. The highest BCUT2D eigenvalue weighted by Gasteiger charge is 2.34. The van der Waals surface area contributed by atoms with Crippen LogP contribution in [0.4, 0.5) is 13.2 Å². The number of hydrogen-bond donors (Lipinski definition) is 0. The lowest BCUT2D eigenvalue weighted by atomic mass is 10.1. The van der Waals surface area contributed by atoms with E-state index in [-0.39, 0.29) is 15.4 Å². The molecule has 0 bridgehead atoms. The van der Waals surface area contributed by atoms with E-state index in [2.05, 4.69) is 0 Å². The number of alkyl halides is 3. The molecule has 0 fully saturated rings. The van der Waals surface area contributed by atoms with Crippen LogP contribution in [-0.4, -0.2) is 10.5 Å². The lowest BCUT2D eigenvalue weighted by Gasteiger charge is -2.21. The van der Waals surface area contributed by atoms with Crippen LogP contribution >= 0.6 is 11.8 Å². The lowest BCUT2D eigenvalue weighted by Crippen LogP contribution is -2.12. The third kappa shape index (κ3) is 4.05. The average molecular weight is 276 g/mol. The van der Waals surface area contributed by atoms with E-state index < -0.39 is 11.7 Å². The number of hydrogen-bond acceptors (Lipinski definition) is 2. The van der Waals surface area contributed by atoms with Gasteiger partial charge in [-0.05, 0) is 19.1 Å². The number of halogens is 3. The van der Waals surface area contributed by atoms with Crippen molar-refractivity contribution < 1.29 is 18.0 Å². The topological polar surface area (TPSA) is 17.1 Å². The Morgan fingerprint density at radius 3 is 2.11 bits per heavy atom. The molecule has 1 aromatic carbocycles. The summed E-state index contributed by atoms with van der Waals surface area (Å²) in [4.78, 5) is 11.3. The van der Waals surface area contributed by atoms with Crippen molar-refractivity contribution in [1.29, 1.82) is 0 Å². The summed E-state index contributed by atoms with van der Waals surface area (Å²) in [5.41, 5.74) is -0.387. The SMILES string of the molecule is CC(=O)c1ccc(C(F)(F)F)c(SC(C)(C)C)c1.